The molecular weight excluding hydrogens is 220 g/mol. The van der Waals surface area contributed by atoms with E-state index in [9.17, 15) is 0 Å². The van der Waals surface area contributed by atoms with E-state index in [1.807, 2.05) is 0 Å². The van der Waals surface area contributed by atoms with Crippen molar-refractivity contribution in [2.24, 2.45) is 0 Å². The number of pyridine rings is 1. The van der Waals surface area contributed by atoms with Crippen molar-refractivity contribution in [3.8, 4) is 0 Å². The predicted molar refractivity (Wildman–Crippen MR) is 77.0 cm³/mol. The largest absolute Gasteiger partial charge is 0.313 e. The minimum Gasteiger partial charge on any atom is -0.313 e. The zero-order valence-corrected chi connectivity index (χ0v) is 12.0. The lowest BCUT2D eigenvalue weighted by Crippen LogP contribution is -2.33. The molecule has 1 aromatic heterocycles. The van der Waals surface area contributed by atoms with Gasteiger partial charge in [-0.05, 0) is 50.3 Å². The molecule has 0 saturated heterocycles. The first-order valence-corrected chi connectivity index (χ1v) is 7.33. The van der Waals surface area contributed by atoms with E-state index in [1.54, 1.807) is 0 Å². The average Bonchev–Trinajstić information content (AvgIpc) is 2.36. The van der Waals surface area contributed by atoms with E-state index < -0.39 is 0 Å². The molecular formula is C16H26N2. The van der Waals surface area contributed by atoms with Gasteiger partial charge in [0.2, 0.25) is 0 Å². The van der Waals surface area contributed by atoms with Crippen LogP contribution in [-0.4, -0.2) is 17.6 Å². The predicted octanol–water partition coefficient (Wildman–Crippen LogP) is 3.72. The molecule has 0 spiro atoms. The van der Waals surface area contributed by atoms with Crippen LogP contribution in [0.15, 0.2) is 12.1 Å². The Kier molecular flexibility index (Phi) is 4.76. The smallest absolute Gasteiger partial charge is 0.0378 e. The molecule has 1 atom stereocenters. The topological polar surface area (TPSA) is 24.9 Å². The zero-order chi connectivity index (χ0) is 13.0. The summed E-state index contributed by atoms with van der Waals surface area (Å²) in [5.74, 6) is 0.576. The van der Waals surface area contributed by atoms with E-state index in [0.717, 1.165) is 24.0 Å². The van der Waals surface area contributed by atoms with Gasteiger partial charge in [-0.1, -0.05) is 26.2 Å². The maximum absolute atomic E-state index is 4.45. The highest BCUT2D eigenvalue weighted by atomic mass is 14.9. The number of nitrogens with one attached hydrogen (secondary N) is 1. The van der Waals surface area contributed by atoms with Crippen LogP contribution in [0, 0.1) is 13.8 Å². The third-order valence-electron chi connectivity index (χ3n) is 3.99. The summed E-state index contributed by atoms with van der Waals surface area (Å²) in [5, 5.41) is 3.74. The molecule has 1 aromatic rings. The molecule has 2 nitrogen and oxygen atoms in total. The van der Waals surface area contributed by atoms with Gasteiger partial charge in [-0.15, -0.1) is 0 Å². The molecule has 1 N–H and O–H groups in total. The van der Waals surface area contributed by atoms with Crippen LogP contribution >= 0.6 is 0 Å². The number of hydrogen-bond acceptors (Lipinski definition) is 2. The summed E-state index contributed by atoms with van der Waals surface area (Å²) in [6.45, 7) is 7.56. The Morgan fingerprint density at radius 1 is 1.17 bits per heavy atom. The molecule has 1 unspecified atom stereocenters. The summed E-state index contributed by atoms with van der Waals surface area (Å²) in [4.78, 5) is 4.45. The van der Waals surface area contributed by atoms with E-state index in [2.05, 4.69) is 43.2 Å². The number of nitrogens with zero attached hydrogens (tertiary/aromatic N) is 1. The van der Waals surface area contributed by atoms with Crippen LogP contribution in [0.3, 0.4) is 0 Å². The Bertz CT molecular complexity index is 360. The van der Waals surface area contributed by atoms with Crippen molar-refractivity contribution in [1.29, 1.82) is 0 Å². The highest BCUT2D eigenvalue weighted by Gasteiger charge is 2.14. The lowest BCUT2D eigenvalue weighted by atomic mass is 9.94. The highest BCUT2D eigenvalue weighted by Crippen LogP contribution is 2.20. The maximum atomic E-state index is 4.45. The maximum Gasteiger partial charge on any atom is 0.0378 e. The zero-order valence-electron chi connectivity index (χ0n) is 12.0. The second-order valence-corrected chi connectivity index (χ2v) is 5.83. The molecule has 1 heterocycles. The molecule has 2 rings (SSSR count). The highest BCUT2D eigenvalue weighted by molar-refractivity contribution is 5.23. The van der Waals surface area contributed by atoms with Gasteiger partial charge in [-0.2, -0.15) is 0 Å². The molecule has 2 heteroatoms. The summed E-state index contributed by atoms with van der Waals surface area (Å²) >= 11 is 0. The van der Waals surface area contributed by atoms with Gasteiger partial charge < -0.3 is 5.32 Å². The molecule has 0 radical (unpaired) electrons. The van der Waals surface area contributed by atoms with E-state index >= 15 is 0 Å². The molecule has 0 bridgehead atoms. The van der Waals surface area contributed by atoms with Gasteiger partial charge in [0, 0.05) is 24.0 Å². The van der Waals surface area contributed by atoms with Crippen molar-refractivity contribution < 1.29 is 0 Å². The van der Waals surface area contributed by atoms with Crippen LogP contribution in [0.2, 0.25) is 0 Å². The SMILES string of the molecule is Cc1cc(C(C)CNC2CCCCC2)cc(C)n1. The average molecular weight is 246 g/mol. The first kappa shape index (κ1) is 13.5. The van der Waals surface area contributed by atoms with Gasteiger partial charge in [0.25, 0.3) is 0 Å². The third kappa shape index (κ3) is 3.81. The molecule has 0 aliphatic heterocycles. The Morgan fingerprint density at radius 3 is 2.39 bits per heavy atom. The number of hydrogen-bond donors (Lipinski definition) is 1. The van der Waals surface area contributed by atoms with Crippen LogP contribution in [0.5, 0.6) is 0 Å². The number of aryl methyl sites for hydroxylation is 2. The monoisotopic (exact) mass is 246 g/mol. The van der Waals surface area contributed by atoms with Gasteiger partial charge in [0.1, 0.15) is 0 Å². The molecule has 100 valence electrons. The second-order valence-electron chi connectivity index (χ2n) is 5.83. The molecule has 1 aliphatic rings. The Morgan fingerprint density at radius 2 is 1.78 bits per heavy atom. The van der Waals surface area contributed by atoms with Crippen molar-refractivity contribution in [1.82, 2.24) is 10.3 Å². The van der Waals surface area contributed by atoms with Gasteiger partial charge in [0.15, 0.2) is 0 Å². The van der Waals surface area contributed by atoms with E-state index in [0.29, 0.717) is 5.92 Å². The fraction of sp³-hybridized carbons (Fsp3) is 0.688. The van der Waals surface area contributed by atoms with E-state index in [4.69, 9.17) is 0 Å². The van der Waals surface area contributed by atoms with Gasteiger partial charge in [-0.3, -0.25) is 4.98 Å². The fourth-order valence-electron chi connectivity index (χ4n) is 2.92. The Hall–Kier alpha value is -0.890. The summed E-state index contributed by atoms with van der Waals surface area (Å²) in [6.07, 6.45) is 6.96. The quantitative estimate of drug-likeness (QED) is 0.875. The standard InChI is InChI=1S/C16H26N2/c1-12(11-17-16-7-5-4-6-8-16)15-9-13(2)18-14(3)10-15/h9-10,12,16-17H,4-8,11H2,1-3H3. The van der Waals surface area contributed by atoms with E-state index in [-0.39, 0.29) is 0 Å². The summed E-state index contributed by atoms with van der Waals surface area (Å²) < 4.78 is 0. The molecule has 0 aromatic carbocycles. The summed E-state index contributed by atoms with van der Waals surface area (Å²) in [6, 6.07) is 5.20. The Labute approximate surface area is 111 Å². The van der Waals surface area contributed by atoms with E-state index in [1.165, 1.54) is 37.7 Å². The van der Waals surface area contributed by atoms with Crippen molar-refractivity contribution >= 4 is 0 Å². The van der Waals surface area contributed by atoms with Crippen LogP contribution in [0.1, 0.15) is 61.9 Å². The van der Waals surface area contributed by atoms with Gasteiger partial charge in [0.05, 0.1) is 0 Å². The summed E-state index contributed by atoms with van der Waals surface area (Å²) in [5.41, 5.74) is 3.69. The number of aromatic nitrogens is 1. The second kappa shape index (κ2) is 6.33. The molecule has 0 amide bonds. The normalized spacial score (nSPS) is 18.8. The Balaban J connectivity index is 1.88. The lowest BCUT2D eigenvalue weighted by Gasteiger charge is -2.25. The summed E-state index contributed by atoms with van der Waals surface area (Å²) in [7, 11) is 0. The van der Waals surface area contributed by atoms with Gasteiger partial charge in [-0.25, -0.2) is 0 Å². The minimum atomic E-state index is 0.576. The fourth-order valence-corrected chi connectivity index (χ4v) is 2.92. The minimum absolute atomic E-state index is 0.576. The van der Waals surface area contributed by atoms with Crippen LogP contribution in [-0.2, 0) is 0 Å². The molecule has 18 heavy (non-hydrogen) atoms. The van der Waals surface area contributed by atoms with Crippen molar-refractivity contribution in [2.75, 3.05) is 6.54 Å². The molecule has 1 saturated carbocycles. The van der Waals surface area contributed by atoms with Crippen LogP contribution in [0.25, 0.3) is 0 Å². The van der Waals surface area contributed by atoms with Gasteiger partial charge >= 0.3 is 0 Å². The van der Waals surface area contributed by atoms with Crippen LogP contribution in [0.4, 0.5) is 0 Å². The van der Waals surface area contributed by atoms with Crippen molar-refractivity contribution in [3.63, 3.8) is 0 Å². The van der Waals surface area contributed by atoms with Crippen LogP contribution < -0.4 is 5.32 Å². The first-order chi connectivity index (χ1) is 8.65. The third-order valence-corrected chi connectivity index (χ3v) is 3.99. The lowest BCUT2D eigenvalue weighted by molar-refractivity contribution is 0.367. The number of rotatable bonds is 4. The molecule has 1 aliphatic carbocycles. The first-order valence-electron chi connectivity index (χ1n) is 7.33. The molecule has 1 fully saturated rings. The van der Waals surface area contributed by atoms with Crippen molar-refractivity contribution in [3.05, 3.63) is 29.1 Å². The van der Waals surface area contributed by atoms with Crippen molar-refractivity contribution in [2.45, 2.75) is 64.8 Å².